The number of aryl methyl sites for hydroxylation is 1. The van der Waals surface area contributed by atoms with Gasteiger partial charge in [-0.1, -0.05) is 24.1 Å². The maximum atomic E-state index is 14.0. The summed E-state index contributed by atoms with van der Waals surface area (Å²) in [7, 11) is 1.85. The highest BCUT2D eigenvalue weighted by molar-refractivity contribution is 6.04. The van der Waals surface area contributed by atoms with Crippen LogP contribution >= 0.6 is 0 Å². The Morgan fingerprint density at radius 3 is 2.65 bits per heavy atom. The Hall–Kier alpha value is -5.63. The van der Waals surface area contributed by atoms with Crippen molar-refractivity contribution in [1.29, 1.82) is 0 Å². The van der Waals surface area contributed by atoms with Gasteiger partial charge < -0.3 is 11.1 Å². The smallest absolute Gasteiger partial charge is 0.338 e. The number of carbonyl (C=O) groups is 1. The normalized spacial score (nSPS) is 11.9. The van der Waals surface area contributed by atoms with E-state index in [0.717, 1.165) is 11.3 Å². The summed E-state index contributed by atoms with van der Waals surface area (Å²) in [5.74, 6) is 5.88. The lowest BCUT2D eigenvalue weighted by Gasteiger charge is -2.20. The van der Waals surface area contributed by atoms with Crippen LogP contribution in [0.15, 0.2) is 78.0 Å². The molecule has 1 amide bonds. The van der Waals surface area contributed by atoms with Gasteiger partial charge in [0.05, 0.1) is 40.4 Å². The Kier molecular flexibility index (Phi) is 5.92. The highest BCUT2D eigenvalue weighted by atomic mass is 16.2. The molecule has 0 spiro atoms. The number of hydrogen-bond donors (Lipinski definition) is 2. The summed E-state index contributed by atoms with van der Waals surface area (Å²) >= 11 is 0. The summed E-state index contributed by atoms with van der Waals surface area (Å²) in [5, 5.41) is 11.4. The van der Waals surface area contributed by atoms with Crippen molar-refractivity contribution in [2.24, 2.45) is 7.05 Å². The molecule has 0 saturated carbocycles. The molecule has 11 nitrogen and oxygen atoms in total. The van der Waals surface area contributed by atoms with Gasteiger partial charge in [0.15, 0.2) is 11.5 Å². The quantitative estimate of drug-likeness (QED) is 0.337. The third-order valence-electron chi connectivity index (χ3n) is 6.86. The number of nitrogens with two attached hydrogens (primary N) is 1. The Labute approximate surface area is 228 Å². The number of nitrogen functional groups attached to an aromatic ring is 1. The first-order chi connectivity index (χ1) is 19.3. The van der Waals surface area contributed by atoms with Gasteiger partial charge in [0.1, 0.15) is 11.3 Å². The predicted octanol–water partition coefficient (Wildman–Crippen LogP) is 2.65. The molecule has 5 aromatic heterocycles. The molecule has 6 rings (SSSR count). The molecule has 0 bridgehead atoms. The van der Waals surface area contributed by atoms with Crippen LogP contribution in [0.25, 0.3) is 16.9 Å². The standard InChI is InChI=1S/C29H25N9O2/c1-18(33-28(39)25-26(30)34-36-15-7-14-31-27(25)36)24-16-23-13-12-22(11-10-20-17-32-35(3)19(20)2)37(23)29(40)38(24)21-8-5-4-6-9-21/h4-9,12-18H,1-3H3,(H2,30,34)(H,33,39)/t18-/m0/s1. The van der Waals surface area contributed by atoms with Crippen LogP contribution in [0.5, 0.6) is 0 Å². The maximum absolute atomic E-state index is 14.0. The summed E-state index contributed by atoms with van der Waals surface area (Å²) in [6.45, 7) is 3.75. The maximum Gasteiger partial charge on any atom is 0.338 e. The minimum absolute atomic E-state index is 0.0676. The molecule has 0 fully saturated rings. The van der Waals surface area contributed by atoms with E-state index in [0.29, 0.717) is 28.2 Å². The number of benzene rings is 1. The molecule has 0 aliphatic rings. The molecule has 11 heteroatoms. The van der Waals surface area contributed by atoms with Crippen LogP contribution in [0.3, 0.4) is 0 Å². The van der Waals surface area contributed by atoms with E-state index in [1.807, 2.05) is 69.4 Å². The fourth-order valence-corrected chi connectivity index (χ4v) is 4.68. The highest BCUT2D eigenvalue weighted by Crippen LogP contribution is 2.22. The van der Waals surface area contributed by atoms with Crippen LogP contribution in [0.4, 0.5) is 5.82 Å². The van der Waals surface area contributed by atoms with Crippen molar-refractivity contribution in [3.8, 4) is 17.5 Å². The SMILES string of the molecule is Cc1c(C#Cc2ccc3cc([C@H](C)NC(=O)c4c(N)nn5cccnc45)n(-c4ccccc4)c(=O)n23)cnn1C. The fourth-order valence-electron chi connectivity index (χ4n) is 4.68. The number of carbonyl (C=O) groups excluding carboxylic acids is 1. The molecular weight excluding hydrogens is 506 g/mol. The zero-order chi connectivity index (χ0) is 28.0. The van der Waals surface area contributed by atoms with Gasteiger partial charge in [-0.2, -0.15) is 5.10 Å². The van der Waals surface area contributed by atoms with Gasteiger partial charge >= 0.3 is 5.69 Å². The lowest BCUT2D eigenvalue weighted by Crippen LogP contribution is -2.34. The highest BCUT2D eigenvalue weighted by Gasteiger charge is 2.24. The van der Waals surface area contributed by atoms with Gasteiger partial charge in [-0.3, -0.25) is 18.4 Å². The van der Waals surface area contributed by atoms with E-state index < -0.39 is 11.9 Å². The minimum Gasteiger partial charge on any atom is -0.381 e. The van der Waals surface area contributed by atoms with E-state index in [4.69, 9.17) is 5.73 Å². The van der Waals surface area contributed by atoms with Crippen molar-refractivity contribution >= 4 is 22.9 Å². The lowest BCUT2D eigenvalue weighted by molar-refractivity contribution is 0.0941. The molecule has 0 radical (unpaired) electrons. The molecule has 6 aromatic rings. The van der Waals surface area contributed by atoms with Crippen molar-refractivity contribution < 1.29 is 4.79 Å². The van der Waals surface area contributed by atoms with E-state index in [2.05, 4.69) is 32.3 Å². The number of rotatable bonds is 4. The molecule has 0 aliphatic carbocycles. The van der Waals surface area contributed by atoms with Gasteiger partial charge in [0, 0.05) is 19.4 Å². The second-order valence-electron chi connectivity index (χ2n) is 9.36. The van der Waals surface area contributed by atoms with Crippen LogP contribution < -0.4 is 16.7 Å². The van der Waals surface area contributed by atoms with E-state index in [1.165, 1.54) is 4.52 Å². The number of amides is 1. The van der Waals surface area contributed by atoms with Crippen LogP contribution in [-0.2, 0) is 7.05 Å². The van der Waals surface area contributed by atoms with E-state index in [1.54, 1.807) is 38.3 Å². The minimum atomic E-state index is -0.578. The van der Waals surface area contributed by atoms with E-state index in [9.17, 15) is 9.59 Å². The van der Waals surface area contributed by atoms with Gasteiger partial charge in [-0.15, -0.1) is 5.10 Å². The number of hydrogen-bond acceptors (Lipinski definition) is 6. The number of aromatic nitrogens is 7. The predicted molar refractivity (Wildman–Crippen MR) is 150 cm³/mol. The Morgan fingerprint density at radius 2 is 1.90 bits per heavy atom. The molecule has 0 saturated heterocycles. The van der Waals surface area contributed by atoms with Crippen molar-refractivity contribution in [3.05, 3.63) is 112 Å². The molecular formula is C29H25N9O2. The number of para-hydroxylation sites is 1. The topological polar surface area (TPSA) is 130 Å². The zero-order valence-electron chi connectivity index (χ0n) is 22.0. The molecule has 198 valence electrons. The first kappa shape index (κ1) is 24.7. The number of nitrogens with one attached hydrogen (secondary N) is 1. The van der Waals surface area contributed by atoms with Gasteiger partial charge in [-0.05, 0) is 56.2 Å². The first-order valence-electron chi connectivity index (χ1n) is 12.6. The summed E-state index contributed by atoms with van der Waals surface area (Å²) in [6, 6.07) is 15.9. The van der Waals surface area contributed by atoms with Crippen molar-refractivity contribution in [3.63, 3.8) is 0 Å². The summed E-state index contributed by atoms with van der Waals surface area (Å²) in [5.41, 5.74) is 10.4. The molecule has 3 N–H and O–H groups in total. The lowest BCUT2D eigenvalue weighted by atomic mass is 10.1. The monoisotopic (exact) mass is 531 g/mol. The van der Waals surface area contributed by atoms with Gasteiger partial charge in [0.2, 0.25) is 0 Å². The third kappa shape index (κ3) is 4.08. The number of fused-ring (bicyclic) bond motifs is 2. The zero-order valence-corrected chi connectivity index (χ0v) is 22.0. The van der Waals surface area contributed by atoms with Crippen molar-refractivity contribution in [1.82, 2.24) is 38.7 Å². The van der Waals surface area contributed by atoms with E-state index >= 15 is 0 Å². The van der Waals surface area contributed by atoms with Crippen LogP contribution in [0.1, 0.15) is 46.0 Å². The Balaban J connectivity index is 1.45. The van der Waals surface area contributed by atoms with Crippen LogP contribution in [-0.4, -0.2) is 39.3 Å². The van der Waals surface area contributed by atoms with E-state index in [-0.39, 0.29) is 17.1 Å². The second-order valence-corrected chi connectivity index (χ2v) is 9.36. The summed E-state index contributed by atoms with van der Waals surface area (Å²) in [4.78, 5) is 31.7. The number of nitrogens with zero attached hydrogens (tertiary/aromatic N) is 7. The average Bonchev–Trinajstić information content (AvgIpc) is 3.62. The third-order valence-corrected chi connectivity index (χ3v) is 6.86. The van der Waals surface area contributed by atoms with Crippen molar-refractivity contribution in [2.75, 3.05) is 5.73 Å². The largest absolute Gasteiger partial charge is 0.381 e. The molecule has 1 atom stereocenters. The fraction of sp³-hybridized carbons (Fsp3) is 0.138. The van der Waals surface area contributed by atoms with Gasteiger partial charge in [-0.25, -0.2) is 14.3 Å². The molecule has 40 heavy (non-hydrogen) atoms. The molecule has 5 heterocycles. The van der Waals surface area contributed by atoms with Gasteiger partial charge in [0.25, 0.3) is 5.91 Å². The average molecular weight is 532 g/mol. The van der Waals surface area contributed by atoms with Crippen molar-refractivity contribution in [2.45, 2.75) is 19.9 Å². The Morgan fingerprint density at radius 1 is 1.10 bits per heavy atom. The molecule has 0 aliphatic heterocycles. The van der Waals surface area contributed by atoms with Crippen LogP contribution in [0, 0.1) is 18.8 Å². The summed E-state index contributed by atoms with van der Waals surface area (Å²) < 4.78 is 6.35. The second kappa shape index (κ2) is 9.59. The molecule has 1 aromatic carbocycles. The number of anilines is 1. The van der Waals surface area contributed by atoms with Crippen LogP contribution in [0.2, 0.25) is 0 Å². The summed E-state index contributed by atoms with van der Waals surface area (Å²) in [6.07, 6.45) is 4.94. The first-order valence-corrected chi connectivity index (χ1v) is 12.6. The Bertz CT molecular complexity index is 2030. The molecule has 0 unspecified atom stereocenters.